The van der Waals surface area contributed by atoms with Crippen LogP contribution in [-0.4, -0.2) is 72.6 Å². The molecule has 10 nitrogen and oxygen atoms in total. The molecule has 11 heteroatoms. The highest BCUT2D eigenvalue weighted by Crippen LogP contribution is 2.25. The first-order valence-corrected chi connectivity index (χ1v) is 13.2. The third kappa shape index (κ3) is 6.48. The Balaban J connectivity index is 1.21. The van der Waals surface area contributed by atoms with E-state index in [9.17, 15) is 9.18 Å². The van der Waals surface area contributed by atoms with E-state index in [0.717, 1.165) is 48.3 Å². The number of halogens is 1. The van der Waals surface area contributed by atoms with Crippen LogP contribution in [0.1, 0.15) is 37.7 Å². The average Bonchev–Trinajstić information content (AvgIpc) is 2.91. The van der Waals surface area contributed by atoms with Crippen molar-refractivity contribution in [2.75, 3.05) is 31.5 Å². The van der Waals surface area contributed by atoms with Crippen LogP contribution in [0.4, 0.5) is 21.0 Å². The van der Waals surface area contributed by atoms with Gasteiger partial charge >= 0.3 is 6.09 Å². The molecule has 1 fully saturated rings. The Bertz CT molecular complexity index is 1530. The van der Waals surface area contributed by atoms with Crippen molar-refractivity contribution < 1.29 is 13.9 Å². The van der Waals surface area contributed by atoms with Gasteiger partial charge in [0.2, 0.25) is 5.95 Å². The summed E-state index contributed by atoms with van der Waals surface area (Å²) in [6.45, 7) is 12.9. The van der Waals surface area contributed by atoms with E-state index in [2.05, 4.69) is 35.1 Å². The summed E-state index contributed by atoms with van der Waals surface area (Å²) < 4.78 is 20.2. The van der Waals surface area contributed by atoms with Gasteiger partial charge in [-0.2, -0.15) is 0 Å². The summed E-state index contributed by atoms with van der Waals surface area (Å²) in [6.07, 6.45) is 2.67. The maximum absolute atomic E-state index is 14.7. The number of piperazine rings is 1. The number of benzene rings is 1. The lowest BCUT2D eigenvalue weighted by Crippen LogP contribution is -2.49. The van der Waals surface area contributed by atoms with Crippen molar-refractivity contribution in [3.05, 3.63) is 65.5 Å². The van der Waals surface area contributed by atoms with Crippen molar-refractivity contribution in [3.63, 3.8) is 0 Å². The van der Waals surface area contributed by atoms with Crippen LogP contribution in [0, 0.1) is 19.7 Å². The zero-order valence-corrected chi connectivity index (χ0v) is 23.4. The van der Waals surface area contributed by atoms with Gasteiger partial charge in [0.1, 0.15) is 17.1 Å². The molecule has 1 saturated heterocycles. The SMILES string of the molecule is Cc1nc2ccc(-c3nc(Nc4ccc(CN5CCN(C(=O)OC(C)(C)C)CC5)cn4)ncc3F)cc2nc1C. The van der Waals surface area contributed by atoms with Crippen LogP contribution in [-0.2, 0) is 11.3 Å². The van der Waals surface area contributed by atoms with Crippen LogP contribution < -0.4 is 5.32 Å². The van der Waals surface area contributed by atoms with Crippen molar-refractivity contribution >= 4 is 28.9 Å². The van der Waals surface area contributed by atoms with Crippen molar-refractivity contribution in [2.45, 2.75) is 46.8 Å². The number of pyridine rings is 1. The second-order valence-corrected chi connectivity index (χ2v) is 10.9. The number of anilines is 2. The van der Waals surface area contributed by atoms with Gasteiger partial charge in [0, 0.05) is 44.5 Å². The minimum absolute atomic E-state index is 0.168. The number of hydrogen-bond donors (Lipinski definition) is 1. The predicted octanol–water partition coefficient (Wildman–Crippen LogP) is 5.03. The Morgan fingerprint density at radius 1 is 0.950 bits per heavy atom. The Labute approximate surface area is 232 Å². The van der Waals surface area contributed by atoms with Gasteiger partial charge in [-0.3, -0.25) is 4.90 Å². The number of ether oxygens (including phenoxy) is 1. The Hall–Kier alpha value is -4.25. The van der Waals surface area contributed by atoms with Gasteiger partial charge in [0.05, 0.1) is 28.6 Å². The summed E-state index contributed by atoms with van der Waals surface area (Å²) in [6, 6.07) is 9.20. The molecule has 1 aliphatic rings. The topological polar surface area (TPSA) is 109 Å². The van der Waals surface area contributed by atoms with E-state index >= 15 is 0 Å². The fraction of sp³-hybridized carbons (Fsp3) is 0.379. The number of hydrogen-bond acceptors (Lipinski definition) is 9. The number of nitrogens with one attached hydrogen (secondary N) is 1. The molecule has 0 saturated carbocycles. The van der Waals surface area contributed by atoms with Crippen LogP contribution in [0.5, 0.6) is 0 Å². The lowest BCUT2D eigenvalue weighted by atomic mass is 10.1. The molecule has 4 heterocycles. The Kier molecular flexibility index (Phi) is 7.57. The zero-order valence-electron chi connectivity index (χ0n) is 23.4. The summed E-state index contributed by atoms with van der Waals surface area (Å²) in [5.74, 6) is 0.254. The fourth-order valence-electron chi connectivity index (χ4n) is 4.39. The predicted molar refractivity (Wildman–Crippen MR) is 151 cm³/mol. The van der Waals surface area contributed by atoms with Crippen LogP contribution >= 0.6 is 0 Å². The van der Waals surface area contributed by atoms with Gasteiger partial charge in [-0.05, 0) is 58.4 Å². The molecular weight excluding hydrogens is 511 g/mol. The summed E-state index contributed by atoms with van der Waals surface area (Å²) in [4.78, 5) is 38.4. The van der Waals surface area contributed by atoms with Crippen LogP contribution in [0.2, 0.25) is 0 Å². The molecule has 0 aliphatic carbocycles. The van der Waals surface area contributed by atoms with E-state index in [4.69, 9.17) is 4.74 Å². The van der Waals surface area contributed by atoms with Crippen molar-refractivity contribution in [2.24, 2.45) is 0 Å². The maximum atomic E-state index is 14.7. The largest absolute Gasteiger partial charge is 0.444 e. The van der Waals surface area contributed by atoms with E-state index in [1.807, 2.05) is 52.8 Å². The van der Waals surface area contributed by atoms with E-state index in [1.54, 1.807) is 23.2 Å². The van der Waals surface area contributed by atoms with Crippen LogP contribution in [0.15, 0.2) is 42.7 Å². The normalized spacial score (nSPS) is 14.4. The summed E-state index contributed by atoms with van der Waals surface area (Å²) in [5, 5.41) is 3.06. The standard InChI is InChI=1S/C29H33FN8O2/c1-18-19(2)34-24-14-21(7-8-23(24)33-18)26-22(30)16-32-27(36-26)35-25-9-6-20(15-31-25)17-37-10-12-38(13-11-37)28(39)40-29(3,4)5/h6-9,14-16H,10-13,17H2,1-5H3,(H,31,32,35,36). The second kappa shape index (κ2) is 11.1. The average molecular weight is 545 g/mol. The monoisotopic (exact) mass is 544 g/mol. The second-order valence-electron chi connectivity index (χ2n) is 10.9. The third-order valence-corrected chi connectivity index (χ3v) is 6.59. The molecule has 1 N–H and O–H groups in total. The van der Waals surface area contributed by atoms with Gasteiger partial charge in [0.25, 0.3) is 0 Å². The molecule has 3 aromatic heterocycles. The highest BCUT2D eigenvalue weighted by molar-refractivity contribution is 5.81. The molecule has 4 aromatic rings. The molecule has 208 valence electrons. The van der Waals surface area contributed by atoms with E-state index in [0.29, 0.717) is 30.0 Å². The van der Waals surface area contributed by atoms with Gasteiger partial charge in [-0.25, -0.2) is 34.1 Å². The molecule has 1 aromatic carbocycles. The van der Waals surface area contributed by atoms with Crippen molar-refractivity contribution in [1.29, 1.82) is 0 Å². The molecule has 5 rings (SSSR count). The fourth-order valence-corrected chi connectivity index (χ4v) is 4.39. The smallest absolute Gasteiger partial charge is 0.410 e. The van der Waals surface area contributed by atoms with Crippen molar-refractivity contribution in [3.8, 4) is 11.3 Å². The lowest BCUT2D eigenvalue weighted by Gasteiger charge is -2.35. The minimum atomic E-state index is -0.531. The van der Waals surface area contributed by atoms with Gasteiger partial charge in [-0.15, -0.1) is 0 Å². The molecule has 0 atom stereocenters. The number of carbonyl (C=O) groups excluding carboxylic acids is 1. The minimum Gasteiger partial charge on any atom is -0.444 e. The molecule has 40 heavy (non-hydrogen) atoms. The Morgan fingerprint density at radius 2 is 1.68 bits per heavy atom. The first-order chi connectivity index (χ1) is 19.0. The van der Waals surface area contributed by atoms with E-state index in [1.165, 1.54) is 0 Å². The van der Waals surface area contributed by atoms with Crippen molar-refractivity contribution in [1.82, 2.24) is 34.7 Å². The van der Waals surface area contributed by atoms with Gasteiger partial charge in [0.15, 0.2) is 5.82 Å². The number of fused-ring (bicyclic) bond motifs is 1. The van der Waals surface area contributed by atoms with Crippen LogP contribution in [0.25, 0.3) is 22.3 Å². The first-order valence-electron chi connectivity index (χ1n) is 13.2. The maximum Gasteiger partial charge on any atom is 0.410 e. The van der Waals surface area contributed by atoms with Gasteiger partial charge < -0.3 is 15.0 Å². The molecule has 0 spiro atoms. The van der Waals surface area contributed by atoms with Crippen LogP contribution in [0.3, 0.4) is 0 Å². The first kappa shape index (κ1) is 27.3. The molecule has 0 radical (unpaired) electrons. The third-order valence-electron chi connectivity index (χ3n) is 6.59. The molecule has 0 unspecified atom stereocenters. The quantitative estimate of drug-likeness (QED) is 0.370. The number of aromatic nitrogens is 5. The molecule has 1 aliphatic heterocycles. The number of carbonyl (C=O) groups is 1. The highest BCUT2D eigenvalue weighted by atomic mass is 19.1. The summed E-state index contributed by atoms with van der Waals surface area (Å²) >= 11 is 0. The lowest BCUT2D eigenvalue weighted by molar-refractivity contribution is 0.0139. The number of amides is 1. The van der Waals surface area contributed by atoms with E-state index in [-0.39, 0.29) is 17.7 Å². The molecular formula is C29H33FN8O2. The number of nitrogens with zero attached hydrogens (tertiary/aromatic N) is 7. The number of aryl methyl sites for hydroxylation is 2. The number of rotatable bonds is 5. The molecule has 1 amide bonds. The highest BCUT2D eigenvalue weighted by Gasteiger charge is 2.25. The summed E-state index contributed by atoms with van der Waals surface area (Å²) in [7, 11) is 0. The zero-order chi connectivity index (χ0) is 28.4. The van der Waals surface area contributed by atoms with E-state index < -0.39 is 11.4 Å². The van der Waals surface area contributed by atoms with Gasteiger partial charge in [-0.1, -0.05) is 12.1 Å². The molecule has 0 bridgehead atoms. The Morgan fingerprint density at radius 3 is 2.35 bits per heavy atom. The summed E-state index contributed by atoms with van der Waals surface area (Å²) in [5.41, 5.74) is 4.40.